The summed E-state index contributed by atoms with van der Waals surface area (Å²) in [6.07, 6.45) is 2.24. The van der Waals surface area contributed by atoms with Crippen molar-refractivity contribution in [2.24, 2.45) is 0 Å². The molecule has 106 valence electrons. The predicted molar refractivity (Wildman–Crippen MR) is 85.3 cm³/mol. The van der Waals surface area contributed by atoms with Gasteiger partial charge in [-0.05, 0) is 23.3 Å². The highest BCUT2D eigenvalue weighted by Gasteiger charge is 2.08. The van der Waals surface area contributed by atoms with Crippen molar-refractivity contribution in [3.63, 3.8) is 0 Å². The molecule has 2 aromatic carbocycles. The fraction of sp³-hybridized carbons (Fsp3) is 0.118. The molecular formula is C17H15ClN2O. The smallest absolute Gasteiger partial charge is 0.224 e. The van der Waals surface area contributed by atoms with Crippen molar-refractivity contribution in [1.82, 2.24) is 10.3 Å². The summed E-state index contributed by atoms with van der Waals surface area (Å²) in [6, 6.07) is 15.5. The maximum atomic E-state index is 12.1. The summed E-state index contributed by atoms with van der Waals surface area (Å²) in [5, 5.41) is 4.67. The van der Waals surface area contributed by atoms with Crippen LogP contribution in [-0.2, 0) is 17.8 Å². The van der Waals surface area contributed by atoms with E-state index in [0.717, 1.165) is 22.0 Å². The molecule has 3 aromatic rings. The molecule has 0 aliphatic carbocycles. The molecule has 1 amide bonds. The summed E-state index contributed by atoms with van der Waals surface area (Å²) < 4.78 is 0. The number of hydrogen-bond donors (Lipinski definition) is 2. The number of halogens is 1. The molecule has 1 heterocycles. The zero-order chi connectivity index (χ0) is 14.7. The van der Waals surface area contributed by atoms with Gasteiger partial charge in [-0.3, -0.25) is 4.79 Å². The van der Waals surface area contributed by atoms with Gasteiger partial charge in [0.25, 0.3) is 0 Å². The molecule has 0 bridgehead atoms. The first kappa shape index (κ1) is 13.7. The summed E-state index contributed by atoms with van der Waals surface area (Å²) in [5.74, 6) is -0.0142. The molecule has 3 nitrogen and oxygen atoms in total. The van der Waals surface area contributed by atoms with Gasteiger partial charge in [-0.15, -0.1) is 0 Å². The number of aromatic amines is 1. The molecule has 0 radical (unpaired) electrons. The average Bonchev–Trinajstić information content (AvgIpc) is 2.90. The van der Waals surface area contributed by atoms with Crippen LogP contribution < -0.4 is 5.32 Å². The number of rotatable bonds is 4. The maximum absolute atomic E-state index is 12.1. The standard InChI is InChI=1S/C17H15ClN2O/c18-15-7-3-1-5-12(15)10-20-17(21)9-13-11-19-16-8-4-2-6-14(13)16/h1-8,11,19H,9-10H2,(H,20,21). The lowest BCUT2D eigenvalue weighted by atomic mass is 10.1. The van der Waals surface area contributed by atoms with Gasteiger partial charge in [0.1, 0.15) is 0 Å². The number of fused-ring (bicyclic) bond motifs is 1. The molecule has 2 N–H and O–H groups in total. The molecule has 21 heavy (non-hydrogen) atoms. The molecule has 0 spiro atoms. The second-order valence-corrected chi connectivity index (χ2v) is 5.31. The lowest BCUT2D eigenvalue weighted by molar-refractivity contribution is -0.120. The van der Waals surface area contributed by atoms with Crippen molar-refractivity contribution in [3.05, 3.63) is 70.9 Å². The second kappa shape index (κ2) is 6.02. The highest BCUT2D eigenvalue weighted by Crippen LogP contribution is 2.18. The van der Waals surface area contributed by atoms with E-state index in [1.165, 1.54) is 0 Å². The van der Waals surface area contributed by atoms with Crippen LogP contribution in [0.3, 0.4) is 0 Å². The normalized spacial score (nSPS) is 10.7. The van der Waals surface area contributed by atoms with E-state index in [1.807, 2.05) is 54.7 Å². The van der Waals surface area contributed by atoms with Crippen molar-refractivity contribution in [3.8, 4) is 0 Å². The first-order chi connectivity index (χ1) is 10.2. The highest BCUT2D eigenvalue weighted by molar-refractivity contribution is 6.31. The van der Waals surface area contributed by atoms with Gasteiger partial charge in [0.15, 0.2) is 0 Å². The van der Waals surface area contributed by atoms with E-state index in [2.05, 4.69) is 10.3 Å². The Morgan fingerprint density at radius 3 is 2.67 bits per heavy atom. The first-order valence-electron chi connectivity index (χ1n) is 6.79. The Morgan fingerprint density at radius 1 is 1.05 bits per heavy atom. The Bertz CT molecular complexity index is 779. The Hall–Kier alpha value is -2.26. The van der Waals surface area contributed by atoms with Gasteiger partial charge in [-0.25, -0.2) is 0 Å². The zero-order valence-electron chi connectivity index (χ0n) is 11.4. The molecular weight excluding hydrogens is 284 g/mol. The number of aromatic nitrogens is 1. The number of carbonyl (C=O) groups is 1. The number of nitrogens with one attached hydrogen (secondary N) is 2. The van der Waals surface area contributed by atoms with E-state index in [9.17, 15) is 4.79 Å². The summed E-state index contributed by atoms with van der Waals surface area (Å²) in [5.41, 5.74) is 2.97. The van der Waals surface area contributed by atoms with Gasteiger partial charge >= 0.3 is 0 Å². The molecule has 0 fully saturated rings. The number of benzene rings is 2. The molecule has 1 aromatic heterocycles. The van der Waals surface area contributed by atoms with Crippen molar-refractivity contribution < 1.29 is 4.79 Å². The topological polar surface area (TPSA) is 44.9 Å². The van der Waals surface area contributed by atoms with Crippen LogP contribution in [-0.4, -0.2) is 10.9 Å². The van der Waals surface area contributed by atoms with E-state index in [-0.39, 0.29) is 5.91 Å². The average molecular weight is 299 g/mol. The van der Waals surface area contributed by atoms with Gasteiger partial charge in [0.05, 0.1) is 6.42 Å². The van der Waals surface area contributed by atoms with Gasteiger partial charge in [-0.2, -0.15) is 0 Å². The number of para-hydroxylation sites is 1. The number of H-pyrrole nitrogens is 1. The van der Waals surface area contributed by atoms with Crippen LogP contribution in [0.15, 0.2) is 54.7 Å². The lowest BCUT2D eigenvalue weighted by Crippen LogP contribution is -2.24. The maximum Gasteiger partial charge on any atom is 0.224 e. The van der Waals surface area contributed by atoms with Gasteiger partial charge in [0, 0.05) is 28.7 Å². The van der Waals surface area contributed by atoms with Crippen LogP contribution in [0.5, 0.6) is 0 Å². The van der Waals surface area contributed by atoms with Crippen LogP contribution in [0.25, 0.3) is 10.9 Å². The molecule has 0 aliphatic rings. The first-order valence-corrected chi connectivity index (χ1v) is 7.17. The molecule has 0 aliphatic heterocycles. The van der Waals surface area contributed by atoms with Crippen LogP contribution in [0.2, 0.25) is 5.02 Å². The van der Waals surface area contributed by atoms with Crippen molar-refractivity contribution in [1.29, 1.82) is 0 Å². The number of amides is 1. The largest absolute Gasteiger partial charge is 0.361 e. The second-order valence-electron chi connectivity index (χ2n) is 4.90. The lowest BCUT2D eigenvalue weighted by Gasteiger charge is -2.06. The van der Waals surface area contributed by atoms with Gasteiger partial charge < -0.3 is 10.3 Å². The molecule has 0 unspecified atom stereocenters. The fourth-order valence-electron chi connectivity index (χ4n) is 2.35. The van der Waals surface area contributed by atoms with E-state index < -0.39 is 0 Å². The minimum Gasteiger partial charge on any atom is -0.361 e. The summed E-state index contributed by atoms with van der Waals surface area (Å²) in [6.45, 7) is 0.445. The Morgan fingerprint density at radius 2 is 1.81 bits per heavy atom. The summed E-state index contributed by atoms with van der Waals surface area (Å²) in [4.78, 5) is 15.2. The van der Waals surface area contributed by atoms with Gasteiger partial charge in [0.2, 0.25) is 5.91 Å². The minimum atomic E-state index is -0.0142. The summed E-state index contributed by atoms with van der Waals surface area (Å²) >= 11 is 6.07. The Labute approximate surface area is 127 Å². The SMILES string of the molecule is O=C(Cc1c[nH]c2ccccc12)NCc1ccccc1Cl. The number of hydrogen-bond acceptors (Lipinski definition) is 1. The monoisotopic (exact) mass is 298 g/mol. The third-order valence-electron chi connectivity index (χ3n) is 3.46. The van der Waals surface area contributed by atoms with E-state index in [1.54, 1.807) is 0 Å². The quantitative estimate of drug-likeness (QED) is 0.758. The van der Waals surface area contributed by atoms with E-state index >= 15 is 0 Å². The van der Waals surface area contributed by atoms with Crippen LogP contribution in [0.1, 0.15) is 11.1 Å². The van der Waals surface area contributed by atoms with E-state index in [4.69, 9.17) is 11.6 Å². The third-order valence-corrected chi connectivity index (χ3v) is 3.83. The third kappa shape index (κ3) is 3.09. The van der Waals surface area contributed by atoms with Crippen LogP contribution in [0, 0.1) is 0 Å². The van der Waals surface area contributed by atoms with Crippen molar-refractivity contribution >= 4 is 28.4 Å². The van der Waals surface area contributed by atoms with Crippen molar-refractivity contribution in [2.45, 2.75) is 13.0 Å². The van der Waals surface area contributed by atoms with Crippen molar-refractivity contribution in [2.75, 3.05) is 0 Å². The summed E-state index contributed by atoms with van der Waals surface area (Å²) in [7, 11) is 0. The van der Waals surface area contributed by atoms with Crippen LogP contribution in [0.4, 0.5) is 0 Å². The predicted octanol–water partition coefficient (Wildman–Crippen LogP) is 3.68. The number of carbonyl (C=O) groups excluding carboxylic acids is 1. The molecule has 3 rings (SSSR count). The Balaban J connectivity index is 1.66. The molecule has 0 atom stereocenters. The zero-order valence-corrected chi connectivity index (χ0v) is 12.2. The molecule has 0 saturated carbocycles. The fourth-order valence-corrected chi connectivity index (χ4v) is 2.55. The Kier molecular flexibility index (Phi) is 3.93. The van der Waals surface area contributed by atoms with Gasteiger partial charge in [-0.1, -0.05) is 48.0 Å². The van der Waals surface area contributed by atoms with E-state index in [0.29, 0.717) is 18.0 Å². The van der Waals surface area contributed by atoms with Crippen LogP contribution >= 0.6 is 11.6 Å². The highest BCUT2D eigenvalue weighted by atomic mass is 35.5. The minimum absolute atomic E-state index is 0.0142. The molecule has 4 heteroatoms. The molecule has 0 saturated heterocycles.